The van der Waals surface area contributed by atoms with Crippen molar-refractivity contribution >= 4 is 5.91 Å². The van der Waals surface area contributed by atoms with Crippen LogP contribution in [0.1, 0.15) is 41.0 Å². The fourth-order valence-corrected chi connectivity index (χ4v) is 5.13. The number of fused-ring (bicyclic) bond motifs is 3. The number of hydrogen-bond acceptors (Lipinski definition) is 6. The zero-order valence-corrected chi connectivity index (χ0v) is 18.7. The lowest BCUT2D eigenvalue weighted by molar-refractivity contribution is -0.00551. The third-order valence-corrected chi connectivity index (χ3v) is 6.67. The van der Waals surface area contributed by atoms with E-state index in [4.69, 9.17) is 4.74 Å². The highest BCUT2D eigenvalue weighted by Crippen LogP contribution is 2.41. The van der Waals surface area contributed by atoms with E-state index in [0.717, 1.165) is 30.7 Å². The van der Waals surface area contributed by atoms with Crippen LogP contribution in [0.3, 0.4) is 0 Å². The topological polar surface area (TPSA) is 81.1 Å². The van der Waals surface area contributed by atoms with Crippen molar-refractivity contribution in [2.75, 3.05) is 13.2 Å². The van der Waals surface area contributed by atoms with Gasteiger partial charge in [0, 0.05) is 41.9 Å². The Bertz CT molecular complexity index is 1150. The van der Waals surface area contributed by atoms with E-state index in [2.05, 4.69) is 19.9 Å². The molecule has 2 saturated heterocycles. The predicted octanol–water partition coefficient (Wildman–Crippen LogP) is 4.01. The smallest absolute Gasteiger partial charge is 0.316 e. The minimum atomic E-state index is -0.543. The summed E-state index contributed by atoms with van der Waals surface area (Å²) in [4.78, 5) is 32.6. The maximum absolute atomic E-state index is 14.9. The first-order chi connectivity index (χ1) is 16.0. The highest BCUT2D eigenvalue weighted by atomic mass is 19.1. The summed E-state index contributed by atoms with van der Waals surface area (Å²) in [6, 6.07) is 8.68. The van der Waals surface area contributed by atoms with Crippen LogP contribution in [0.2, 0.25) is 0 Å². The molecule has 2 aliphatic heterocycles. The quantitative estimate of drug-likeness (QED) is 0.588. The van der Waals surface area contributed by atoms with Gasteiger partial charge in [0.1, 0.15) is 5.82 Å². The molecule has 3 atom stereocenters. The molecule has 170 valence electrons. The molecule has 0 radical (unpaired) electrons. The van der Waals surface area contributed by atoms with Crippen molar-refractivity contribution < 1.29 is 13.9 Å². The molecule has 0 N–H and O–H groups in total. The number of aromatic nitrogens is 4. The highest BCUT2D eigenvalue weighted by molar-refractivity contribution is 6.00. The third kappa shape index (κ3) is 4.29. The van der Waals surface area contributed by atoms with Crippen molar-refractivity contribution in [3.63, 3.8) is 0 Å². The number of hydrogen-bond donors (Lipinski definition) is 0. The molecule has 2 bridgehead atoms. The van der Waals surface area contributed by atoms with Crippen LogP contribution in [0.15, 0.2) is 42.7 Å². The van der Waals surface area contributed by atoms with Gasteiger partial charge in [-0.05, 0) is 63.1 Å². The second-order valence-corrected chi connectivity index (χ2v) is 8.92. The number of carbonyl (C=O) groups excluding carboxylic acids is 1. The van der Waals surface area contributed by atoms with Crippen LogP contribution in [0.25, 0.3) is 11.4 Å². The summed E-state index contributed by atoms with van der Waals surface area (Å²) in [6.45, 7) is 4.96. The lowest BCUT2D eigenvalue weighted by Crippen LogP contribution is -2.55. The molecule has 1 amide bonds. The van der Waals surface area contributed by atoms with E-state index in [0.29, 0.717) is 42.4 Å². The van der Waals surface area contributed by atoms with Gasteiger partial charge in [-0.3, -0.25) is 4.79 Å². The van der Waals surface area contributed by atoms with E-state index in [1.54, 1.807) is 30.6 Å². The Morgan fingerprint density at radius 3 is 2.58 bits per heavy atom. The number of piperidine rings is 2. The fraction of sp³-hybridized carbons (Fsp3) is 0.400. The second-order valence-electron chi connectivity index (χ2n) is 8.92. The molecule has 33 heavy (non-hydrogen) atoms. The molecule has 0 spiro atoms. The van der Waals surface area contributed by atoms with Gasteiger partial charge in [0.05, 0.1) is 12.2 Å². The van der Waals surface area contributed by atoms with Crippen molar-refractivity contribution in [3.8, 4) is 17.4 Å². The molecule has 4 heterocycles. The molecule has 3 unspecified atom stereocenters. The van der Waals surface area contributed by atoms with Crippen LogP contribution in [-0.2, 0) is 0 Å². The number of nitrogens with zero attached hydrogens (tertiary/aromatic N) is 5. The molecule has 2 aromatic heterocycles. The molecular weight excluding hydrogens is 421 g/mol. The van der Waals surface area contributed by atoms with Gasteiger partial charge >= 0.3 is 6.01 Å². The van der Waals surface area contributed by atoms with Gasteiger partial charge in [0.25, 0.3) is 5.91 Å². The zero-order chi connectivity index (χ0) is 22.9. The standard InChI is InChI=1S/C25H26FN5O2/c1-15-11-16(2)30-25(29-15)33-14-18-12-19-8-7-17(18)13-31(19)24(32)22-20(5-3-6-21(22)26)23-27-9-4-10-28-23/h3-6,9-11,17-19H,7-8,12-14H2,1-2H3. The maximum Gasteiger partial charge on any atom is 0.316 e. The number of rotatable bonds is 5. The molecule has 6 rings (SSSR count). The van der Waals surface area contributed by atoms with Gasteiger partial charge in [-0.2, -0.15) is 0 Å². The maximum atomic E-state index is 14.9. The number of ether oxygens (including phenoxy) is 1. The summed E-state index contributed by atoms with van der Waals surface area (Å²) in [7, 11) is 0. The summed E-state index contributed by atoms with van der Waals surface area (Å²) in [6.07, 6.45) is 5.95. The number of aryl methyl sites for hydroxylation is 2. The second kappa shape index (κ2) is 8.84. The Balaban J connectivity index is 1.33. The zero-order valence-electron chi connectivity index (χ0n) is 18.7. The van der Waals surface area contributed by atoms with Gasteiger partial charge in [0.15, 0.2) is 5.82 Å². The van der Waals surface area contributed by atoms with E-state index in [-0.39, 0.29) is 17.5 Å². The third-order valence-electron chi connectivity index (χ3n) is 6.67. The Kier molecular flexibility index (Phi) is 5.74. The van der Waals surface area contributed by atoms with E-state index >= 15 is 0 Å². The molecule has 1 saturated carbocycles. The molecular formula is C25H26FN5O2. The first kappa shape index (κ1) is 21.4. The lowest BCUT2D eigenvalue weighted by Gasteiger charge is -2.49. The van der Waals surface area contributed by atoms with Crippen molar-refractivity contribution in [2.24, 2.45) is 11.8 Å². The van der Waals surface area contributed by atoms with Gasteiger partial charge in [0.2, 0.25) is 0 Å². The molecule has 3 fully saturated rings. The minimum absolute atomic E-state index is 0.0488. The largest absolute Gasteiger partial charge is 0.463 e. The fourth-order valence-electron chi connectivity index (χ4n) is 5.13. The first-order valence-electron chi connectivity index (χ1n) is 11.3. The van der Waals surface area contributed by atoms with Crippen LogP contribution in [-0.4, -0.2) is 49.9 Å². The van der Waals surface area contributed by atoms with Crippen LogP contribution in [0, 0.1) is 31.5 Å². The average molecular weight is 448 g/mol. The molecule has 3 aliphatic rings. The summed E-state index contributed by atoms with van der Waals surface area (Å²) >= 11 is 0. The molecule has 7 nitrogen and oxygen atoms in total. The van der Waals surface area contributed by atoms with Crippen molar-refractivity contribution in [2.45, 2.75) is 39.2 Å². The van der Waals surface area contributed by atoms with Gasteiger partial charge < -0.3 is 9.64 Å². The summed E-state index contributed by atoms with van der Waals surface area (Å²) in [5.41, 5.74) is 2.23. The summed E-state index contributed by atoms with van der Waals surface area (Å²) in [5, 5.41) is 0. The van der Waals surface area contributed by atoms with E-state index in [1.807, 2.05) is 24.8 Å². The monoisotopic (exact) mass is 447 g/mol. The van der Waals surface area contributed by atoms with Crippen LogP contribution in [0.5, 0.6) is 6.01 Å². The normalized spacial score (nSPS) is 21.8. The summed E-state index contributed by atoms with van der Waals surface area (Å²) < 4.78 is 20.8. The molecule has 1 aromatic carbocycles. The number of carbonyl (C=O) groups is 1. The Labute approximate surface area is 192 Å². The van der Waals surface area contributed by atoms with Gasteiger partial charge in [-0.1, -0.05) is 12.1 Å². The SMILES string of the molecule is Cc1cc(C)nc(OCC2CC3CCC2CN3C(=O)c2c(F)cccc2-c2ncccn2)n1. The Morgan fingerprint density at radius 1 is 1.12 bits per heavy atom. The summed E-state index contributed by atoms with van der Waals surface area (Å²) in [5.74, 6) is 0.130. The number of amides is 1. The Morgan fingerprint density at radius 2 is 1.88 bits per heavy atom. The Hall–Kier alpha value is -3.42. The number of halogens is 1. The van der Waals surface area contributed by atoms with Gasteiger partial charge in [-0.15, -0.1) is 0 Å². The van der Waals surface area contributed by atoms with Crippen LogP contribution < -0.4 is 4.74 Å². The van der Waals surface area contributed by atoms with Crippen LogP contribution in [0.4, 0.5) is 4.39 Å². The van der Waals surface area contributed by atoms with E-state index < -0.39 is 5.82 Å². The molecule has 1 aliphatic carbocycles. The lowest BCUT2D eigenvalue weighted by atomic mass is 9.72. The van der Waals surface area contributed by atoms with E-state index in [9.17, 15) is 9.18 Å². The average Bonchev–Trinajstić information content (AvgIpc) is 2.82. The van der Waals surface area contributed by atoms with Gasteiger partial charge in [-0.25, -0.2) is 24.3 Å². The minimum Gasteiger partial charge on any atom is -0.463 e. The van der Waals surface area contributed by atoms with Crippen molar-refractivity contribution in [3.05, 3.63) is 65.5 Å². The molecule has 8 heteroatoms. The van der Waals surface area contributed by atoms with Crippen LogP contribution >= 0.6 is 0 Å². The number of benzene rings is 1. The van der Waals surface area contributed by atoms with Crippen molar-refractivity contribution in [1.82, 2.24) is 24.8 Å². The van der Waals surface area contributed by atoms with E-state index in [1.165, 1.54) is 6.07 Å². The predicted molar refractivity (Wildman–Crippen MR) is 120 cm³/mol. The molecule has 3 aromatic rings. The highest BCUT2D eigenvalue weighted by Gasteiger charge is 2.43. The van der Waals surface area contributed by atoms with Crippen molar-refractivity contribution in [1.29, 1.82) is 0 Å². The first-order valence-corrected chi connectivity index (χ1v) is 11.3.